The van der Waals surface area contributed by atoms with Gasteiger partial charge in [0.2, 0.25) is 0 Å². The van der Waals surface area contributed by atoms with Crippen molar-refractivity contribution in [2.75, 3.05) is 0 Å². The maximum atomic E-state index is 2.42. The molecular weight excluding hydrogens is 556 g/mol. The van der Waals surface area contributed by atoms with Crippen molar-refractivity contribution in [2.45, 2.75) is 0 Å². The Balaban J connectivity index is 1.30. The number of benzene rings is 8. The predicted molar refractivity (Wildman–Crippen MR) is 196 cm³/mol. The van der Waals surface area contributed by atoms with E-state index in [1.54, 1.807) is 0 Å². The van der Waals surface area contributed by atoms with Gasteiger partial charge in [0.15, 0.2) is 0 Å². The van der Waals surface area contributed by atoms with E-state index >= 15 is 0 Å². The van der Waals surface area contributed by atoms with Crippen LogP contribution in [0.15, 0.2) is 170 Å². The molecule has 8 aromatic carbocycles. The van der Waals surface area contributed by atoms with E-state index in [1.807, 2.05) is 0 Å². The number of rotatable bonds is 3. The highest BCUT2D eigenvalue weighted by molar-refractivity contribution is 6.29. The van der Waals surface area contributed by atoms with Crippen molar-refractivity contribution in [3.63, 3.8) is 0 Å². The second-order valence-corrected chi connectivity index (χ2v) is 12.1. The lowest BCUT2D eigenvalue weighted by atomic mass is 9.94. The van der Waals surface area contributed by atoms with Crippen LogP contribution in [0.3, 0.4) is 0 Å². The first-order chi connectivity index (χ1) is 22.8. The monoisotopic (exact) mass is 584 g/mol. The van der Waals surface area contributed by atoms with Gasteiger partial charge in [0.1, 0.15) is 0 Å². The minimum atomic E-state index is 1.17. The smallest absolute Gasteiger partial charge is 0.0547 e. The summed E-state index contributed by atoms with van der Waals surface area (Å²) in [5, 5.41) is 10.2. The molecule has 10 aromatic rings. The van der Waals surface area contributed by atoms with Crippen LogP contribution < -0.4 is 0 Å². The second-order valence-electron chi connectivity index (χ2n) is 12.1. The number of hydrogen-bond donors (Lipinski definition) is 0. The molecule has 0 saturated heterocycles. The largest absolute Gasteiger partial charge is 0.309 e. The van der Waals surface area contributed by atoms with Crippen LogP contribution in [-0.4, -0.2) is 9.13 Å². The average Bonchev–Trinajstić information content (AvgIpc) is 3.65. The Morgan fingerprint density at radius 2 is 0.870 bits per heavy atom. The molecule has 0 aliphatic rings. The summed E-state index contributed by atoms with van der Waals surface area (Å²) in [6.45, 7) is 0. The number of aromatic nitrogens is 2. The fourth-order valence-electron chi connectivity index (χ4n) is 7.73. The zero-order valence-corrected chi connectivity index (χ0v) is 25.1. The van der Waals surface area contributed by atoms with E-state index in [2.05, 4.69) is 179 Å². The van der Waals surface area contributed by atoms with Crippen molar-refractivity contribution < 1.29 is 0 Å². The summed E-state index contributed by atoms with van der Waals surface area (Å²) < 4.78 is 4.82. The Kier molecular flexibility index (Phi) is 5.31. The van der Waals surface area contributed by atoms with Crippen LogP contribution in [0.25, 0.3) is 87.7 Å². The Hall–Kier alpha value is -6.12. The molecule has 0 fully saturated rings. The van der Waals surface area contributed by atoms with Crippen LogP contribution in [-0.2, 0) is 0 Å². The van der Waals surface area contributed by atoms with Crippen LogP contribution in [0.1, 0.15) is 0 Å². The molecule has 0 aliphatic heterocycles. The molecule has 0 radical (unpaired) electrons. The van der Waals surface area contributed by atoms with E-state index in [1.165, 1.54) is 87.7 Å². The molecule has 0 aliphatic carbocycles. The molecule has 0 bridgehead atoms. The maximum Gasteiger partial charge on any atom is 0.0547 e. The van der Waals surface area contributed by atoms with Gasteiger partial charge in [0, 0.05) is 32.9 Å². The van der Waals surface area contributed by atoms with E-state index in [0.29, 0.717) is 0 Å². The van der Waals surface area contributed by atoms with Crippen LogP contribution in [0.5, 0.6) is 0 Å². The molecule has 0 unspecified atom stereocenters. The summed E-state index contributed by atoms with van der Waals surface area (Å²) in [4.78, 5) is 0. The number of fused-ring (bicyclic) bond motifs is 10. The highest BCUT2D eigenvalue weighted by Gasteiger charge is 2.19. The van der Waals surface area contributed by atoms with Gasteiger partial charge in [0.25, 0.3) is 0 Å². The molecule has 2 heteroatoms. The molecule has 2 nitrogen and oxygen atoms in total. The van der Waals surface area contributed by atoms with Gasteiger partial charge >= 0.3 is 0 Å². The van der Waals surface area contributed by atoms with Crippen LogP contribution in [0.4, 0.5) is 0 Å². The zero-order chi connectivity index (χ0) is 30.2. The van der Waals surface area contributed by atoms with E-state index in [0.717, 1.165) is 0 Å². The van der Waals surface area contributed by atoms with Crippen molar-refractivity contribution in [1.82, 2.24) is 9.13 Å². The van der Waals surface area contributed by atoms with Crippen molar-refractivity contribution in [2.24, 2.45) is 0 Å². The van der Waals surface area contributed by atoms with E-state index in [4.69, 9.17) is 0 Å². The molecule has 0 atom stereocenters. The summed E-state index contributed by atoms with van der Waals surface area (Å²) in [6.07, 6.45) is 0. The van der Waals surface area contributed by atoms with Gasteiger partial charge in [-0.1, -0.05) is 121 Å². The van der Waals surface area contributed by atoms with Gasteiger partial charge in [-0.2, -0.15) is 0 Å². The molecule has 0 N–H and O–H groups in total. The highest BCUT2D eigenvalue weighted by atomic mass is 15.0. The fraction of sp³-hybridized carbons (Fsp3) is 0. The third-order valence-electron chi connectivity index (χ3n) is 9.69. The van der Waals surface area contributed by atoms with Gasteiger partial charge in [-0.25, -0.2) is 0 Å². The predicted octanol–water partition coefficient (Wildman–Crippen LogP) is 11.9. The Labute approximate surface area is 266 Å². The Bertz CT molecular complexity index is 2780. The Morgan fingerprint density at radius 1 is 0.304 bits per heavy atom. The SMILES string of the molecule is c1ccc(-n2c3ccccc3c3ccc(-c4cccc5c4ccc4c5c5c6ccccc6ccc5n4-c4ccccc4)cc32)cc1. The second kappa shape index (κ2) is 9.69. The van der Waals surface area contributed by atoms with Gasteiger partial charge in [-0.15, -0.1) is 0 Å². The van der Waals surface area contributed by atoms with Crippen molar-refractivity contribution in [3.8, 4) is 22.5 Å². The normalized spacial score (nSPS) is 11.9. The topological polar surface area (TPSA) is 9.86 Å². The first-order valence-electron chi connectivity index (χ1n) is 15.9. The molecule has 2 aromatic heterocycles. The minimum absolute atomic E-state index is 1.17. The van der Waals surface area contributed by atoms with Gasteiger partial charge < -0.3 is 9.13 Å². The molecule has 0 saturated carbocycles. The summed E-state index contributed by atoms with van der Waals surface area (Å²) in [5.41, 5.74) is 9.70. The molecular formula is C44H28N2. The van der Waals surface area contributed by atoms with Gasteiger partial charge in [0.05, 0.1) is 22.1 Å². The third kappa shape index (κ3) is 3.53. The average molecular weight is 585 g/mol. The van der Waals surface area contributed by atoms with E-state index < -0.39 is 0 Å². The first-order valence-corrected chi connectivity index (χ1v) is 15.9. The summed E-state index contributed by atoms with van der Waals surface area (Å²) >= 11 is 0. The lowest BCUT2D eigenvalue weighted by molar-refractivity contribution is 1.18. The molecule has 10 rings (SSSR count). The van der Waals surface area contributed by atoms with Crippen LogP contribution in [0.2, 0.25) is 0 Å². The van der Waals surface area contributed by atoms with Crippen molar-refractivity contribution in [1.29, 1.82) is 0 Å². The number of nitrogens with zero attached hydrogens (tertiary/aromatic N) is 2. The molecule has 0 amide bonds. The summed E-state index contributed by atoms with van der Waals surface area (Å²) in [5.74, 6) is 0. The third-order valence-corrected chi connectivity index (χ3v) is 9.69. The van der Waals surface area contributed by atoms with E-state index in [9.17, 15) is 0 Å². The van der Waals surface area contributed by atoms with Gasteiger partial charge in [-0.05, 0) is 81.2 Å². The lowest BCUT2D eigenvalue weighted by Gasteiger charge is -2.12. The Morgan fingerprint density at radius 3 is 1.65 bits per heavy atom. The van der Waals surface area contributed by atoms with E-state index in [-0.39, 0.29) is 0 Å². The van der Waals surface area contributed by atoms with Gasteiger partial charge in [-0.3, -0.25) is 0 Å². The molecule has 0 spiro atoms. The highest BCUT2D eigenvalue weighted by Crippen LogP contribution is 2.43. The number of para-hydroxylation sites is 3. The summed E-state index contributed by atoms with van der Waals surface area (Å²) in [6, 6.07) is 61.9. The first kappa shape index (κ1) is 25.2. The van der Waals surface area contributed by atoms with Crippen molar-refractivity contribution >= 4 is 65.2 Å². The van der Waals surface area contributed by atoms with Crippen molar-refractivity contribution in [3.05, 3.63) is 170 Å². The minimum Gasteiger partial charge on any atom is -0.309 e. The summed E-state index contributed by atoms with van der Waals surface area (Å²) in [7, 11) is 0. The molecule has 46 heavy (non-hydrogen) atoms. The standard InChI is InChI=1S/C44H28N2/c1-3-13-31(14-4-1)45-39-21-10-9-18-36(39)37-24-22-30(28-42(37)45)33-19-11-20-38-35(33)25-27-41-44(38)43-34-17-8-7-12-29(34)23-26-40(43)46(41)32-15-5-2-6-16-32/h1-28H. The maximum absolute atomic E-state index is 2.42. The molecule has 214 valence electrons. The fourth-order valence-corrected chi connectivity index (χ4v) is 7.73. The quantitative estimate of drug-likeness (QED) is 0.195. The molecule has 2 heterocycles. The zero-order valence-electron chi connectivity index (χ0n) is 25.1. The van der Waals surface area contributed by atoms with Crippen LogP contribution in [0, 0.1) is 0 Å². The number of hydrogen-bond acceptors (Lipinski definition) is 0. The lowest BCUT2D eigenvalue weighted by Crippen LogP contribution is -1.93. The van der Waals surface area contributed by atoms with Crippen LogP contribution >= 0.6 is 0 Å².